The molecule has 4 rings (SSSR count). The van der Waals surface area contributed by atoms with Crippen LogP contribution in [-0.4, -0.2) is 25.9 Å². The second kappa shape index (κ2) is 3.89. The fourth-order valence-electron chi connectivity index (χ4n) is 2.46. The fourth-order valence-corrected chi connectivity index (χ4v) is 2.46. The first kappa shape index (κ1) is 11.2. The van der Waals surface area contributed by atoms with Gasteiger partial charge in [-0.2, -0.15) is 10.1 Å². The lowest BCUT2D eigenvalue weighted by Gasteiger charge is -2.05. The summed E-state index contributed by atoms with van der Waals surface area (Å²) < 4.78 is 16.1. The van der Waals surface area contributed by atoms with Crippen molar-refractivity contribution < 1.29 is 4.39 Å². The Balaban J connectivity index is 2.01. The first-order valence-corrected chi connectivity index (χ1v) is 6.22. The Hall–Kier alpha value is -2.70. The molecule has 0 atom stereocenters. The van der Waals surface area contributed by atoms with Crippen molar-refractivity contribution in [3.63, 3.8) is 0 Å². The Morgan fingerprint density at radius 2 is 2.05 bits per heavy atom. The van der Waals surface area contributed by atoms with Gasteiger partial charge in [-0.15, -0.1) is 0 Å². The molecule has 20 heavy (non-hydrogen) atoms. The smallest absolute Gasteiger partial charge is 0.351 e. The predicted octanol–water partition coefficient (Wildman–Crippen LogP) is 1.15. The van der Waals surface area contributed by atoms with Gasteiger partial charge in [0.25, 0.3) is 0 Å². The van der Waals surface area contributed by atoms with Gasteiger partial charge in [-0.05, 0) is 24.3 Å². The van der Waals surface area contributed by atoms with Crippen molar-refractivity contribution in [2.45, 2.75) is 6.54 Å². The zero-order chi connectivity index (χ0) is 13.7. The van der Waals surface area contributed by atoms with Crippen LogP contribution < -0.4 is 11.0 Å². The highest BCUT2D eigenvalue weighted by atomic mass is 19.1. The lowest BCUT2D eigenvalue weighted by atomic mass is 10.3. The van der Waals surface area contributed by atoms with Gasteiger partial charge in [0.2, 0.25) is 0 Å². The van der Waals surface area contributed by atoms with Crippen LogP contribution in [0.25, 0.3) is 16.7 Å². The predicted molar refractivity (Wildman–Crippen MR) is 71.6 cm³/mol. The van der Waals surface area contributed by atoms with E-state index in [2.05, 4.69) is 15.4 Å². The van der Waals surface area contributed by atoms with E-state index in [1.54, 1.807) is 22.9 Å². The molecule has 0 spiro atoms. The molecule has 100 valence electrons. The summed E-state index contributed by atoms with van der Waals surface area (Å²) in [5.41, 5.74) is 0.833. The maximum atomic E-state index is 13.0. The maximum absolute atomic E-state index is 13.0. The Labute approximate surface area is 112 Å². The van der Waals surface area contributed by atoms with E-state index in [1.807, 2.05) is 0 Å². The Morgan fingerprint density at radius 3 is 2.85 bits per heavy atom. The van der Waals surface area contributed by atoms with Crippen LogP contribution in [-0.2, 0) is 6.54 Å². The number of fused-ring (bicyclic) bond motifs is 3. The first-order chi connectivity index (χ1) is 9.74. The van der Waals surface area contributed by atoms with Crippen LogP contribution in [0.4, 0.5) is 10.2 Å². The SMILES string of the molecule is O=c1nc2c(cnn2-c2ccc(F)cc2)c2n1CCN2. The van der Waals surface area contributed by atoms with Crippen LogP contribution >= 0.6 is 0 Å². The lowest BCUT2D eigenvalue weighted by Crippen LogP contribution is -2.21. The lowest BCUT2D eigenvalue weighted by molar-refractivity contribution is 0.627. The van der Waals surface area contributed by atoms with Gasteiger partial charge in [-0.25, -0.2) is 13.9 Å². The quantitative estimate of drug-likeness (QED) is 0.721. The number of hydrogen-bond acceptors (Lipinski definition) is 4. The van der Waals surface area contributed by atoms with E-state index in [0.717, 1.165) is 11.2 Å². The number of hydrogen-bond donors (Lipinski definition) is 1. The Kier molecular flexibility index (Phi) is 2.17. The van der Waals surface area contributed by atoms with Crippen molar-refractivity contribution in [2.24, 2.45) is 0 Å². The molecule has 1 aliphatic rings. The van der Waals surface area contributed by atoms with Gasteiger partial charge in [-0.1, -0.05) is 0 Å². The molecule has 0 saturated carbocycles. The third kappa shape index (κ3) is 1.46. The molecular formula is C13H10FN5O. The van der Waals surface area contributed by atoms with Crippen molar-refractivity contribution in [1.29, 1.82) is 0 Å². The van der Waals surface area contributed by atoms with E-state index in [0.29, 0.717) is 24.4 Å². The van der Waals surface area contributed by atoms with Crippen LogP contribution in [0.15, 0.2) is 35.3 Å². The summed E-state index contributed by atoms with van der Waals surface area (Å²) in [4.78, 5) is 16.1. The van der Waals surface area contributed by atoms with E-state index in [4.69, 9.17) is 0 Å². The zero-order valence-electron chi connectivity index (χ0n) is 10.4. The summed E-state index contributed by atoms with van der Waals surface area (Å²) in [6.07, 6.45) is 1.66. The Morgan fingerprint density at radius 1 is 1.25 bits per heavy atom. The largest absolute Gasteiger partial charge is 0.369 e. The van der Waals surface area contributed by atoms with Gasteiger partial charge in [0.1, 0.15) is 11.6 Å². The minimum atomic E-state index is -0.319. The molecular weight excluding hydrogens is 261 g/mol. The molecule has 0 aliphatic carbocycles. The van der Waals surface area contributed by atoms with Crippen LogP contribution in [0.2, 0.25) is 0 Å². The molecule has 0 fully saturated rings. The average Bonchev–Trinajstić information content (AvgIpc) is 3.06. The van der Waals surface area contributed by atoms with Gasteiger partial charge in [0, 0.05) is 13.1 Å². The van der Waals surface area contributed by atoms with E-state index >= 15 is 0 Å². The third-order valence-corrected chi connectivity index (χ3v) is 3.40. The molecule has 3 heterocycles. The number of nitrogens with one attached hydrogen (secondary N) is 1. The highest BCUT2D eigenvalue weighted by Gasteiger charge is 2.19. The van der Waals surface area contributed by atoms with Gasteiger partial charge >= 0.3 is 5.69 Å². The molecule has 0 saturated heterocycles. The van der Waals surface area contributed by atoms with Crippen LogP contribution in [0.3, 0.4) is 0 Å². The van der Waals surface area contributed by atoms with Crippen LogP contribution in [0.1, 0.15) is 0 Å². The third-order valence-electron chi connectivity index (χ3n) is 3.40. The van der Waals surface area contributed by atoms with Crippen molar-refractivity contribution in [2.75, 3.05) is 11.9 Å². The topological polar surface area (TPSA) is 64.7 Å². The number of benzene rings is 1. The first-order valence-electron chi connectivity index (χ1n) is 6.22. The van der Waals surface area contributed by atoms with E-state index in [-0.39, 0.29) is 11.5 Å². The second-order valence-corrected chi connectivity index (χ2v) is 4.59. The summed E-state index contributed by atoms with van der Waals surface area (Å²) in [6.45, 7) is 1.32. The highest BCUT2D eigenvalue weighted by molar-refractivity contribution is 5.88. The number of nitrogens with zero attached hydrogens (tertiary/aromatic N) is 4. The minimum Gasteiger partial charge on any atom is -0.369 e. The van der Waals surface area contributed by atoms with Gasteiger partial charge in [0.05, 0.1) is 17.3 Å². The average molecular weight is 271 g/mol. The fraction of sp³-hybridized carbons (Fsp3) is 0.154. The number of aromatic nitrogens is 4. The van der Waals surface area contributed by atoms with Crippen molar-refractivity contribution >= 4 is 16.9 Å². The summed E-state index contributed by atoms with van der Waals surface area (Å²) in [7, 11) is 0. The molecule has 0 radical (unpaired) electrons. The standard InChI is InChI=1S/C13H10FN5O/c14-8-1-3-9(4-2-8)19-12-10(7-16-19)11-15-5-6-18(11)13(20)17-12/h1-4,7,15H,5-6H2. The summed E-state index contributed by atoms with van der Waals surface area (Å²) in [6, 6.07) is 5.89. The van der Waals surface area contributed by atoms with Crippen LogP contribution in [0.5, 0.6) is 0 Å². The molecule has 6 nitrogen and oxygen atoms in total. The molecule has 0 unspecified atom stereocenters. The normalized spacial score (nSPS) is 13.4. The molecule has 3 aromatic rings. The monoisotopic (exact) mass is 271 g/mol. The van der Waals surface area contributed by atoms with Gasteiger partial charge in [0.15, 0.2) is 5.65 Å². The van der Waals surface area contributed by atoms with Gasteiger partial charge in [-0.3, -0.25) is 4.57 Å². The maximum Gasteiger partial charge on any atom is 0.351 e. The molecule has 1 N–H and O–H groups in total. The van der Waals surface area contributed by atoms with E-state index in [1.165, 1.54) is 16.8 Å². The van der Waals surface area contributed by atoms with E-state index in [9.17, 15) is 9.18 Å². The van der Waals surface area contributed by atoms with Crippen molar-refractivity contribution in [1.82, 2.24) is 19.3 Å². The number of halogens is 1. The highest BCUT2D eigenvalue weighted by Crippen LogP contribution is 2.24. The number of anilines is 1. The molecule has 2 aromatic heterocycles. The van der Waals surface area contributed by atoms with Crippen molar-refractivity contribution in [3.8, 4) is 5.69 Å². The van der Waals surface area contributed by atoms with Crippen LogP contribution in [0, 0.1) is 5.82 Å². The minimum absolute atomic E-state index is 0.304. The second-order valence-electron chi connectivity index (χ2n) is 4.59. The molecule has 7 heteroatoms. The Bertz CT molecular complexity index is 865. The molecule has 1 aliphatic heterocycles. The molecule has 0 bridgehead atoms. The summed E-state index contributed by atoms with van der Waals surface area (Å²) >= 11 is 0. The zero-order valence-corrected chi connectivity index (χ0v) is 10.4. The summed E-state index contributed by atoms with van der Waals surface area (Å²) in [5, 5.41) is 8.20. The molecule has 0 amide bonds. The van der Waals surface area contributed by atoms with Gasteiger partial charge < -0.3 is 5.32 Å². The molecule has 1 aromatic carbocycles. The van der Waals surface area contributed by atoms with E-state index < -0.39 is 0 Å². The number of rotatable bonds is 1. The summed E-state index contributed by atoms with van der Waals surface area (Å²) in [5.74, 6) is 0.425. The van der Waals surface area contributed by atoms with Crippen molar-refractivity contribution in [3.05, 3.63) is 46.8 Å².